The molecule has 12 heavy (non-hydrogen) atoms. The van der Waals surface area contributed by atoms with Crippen LogP contribution in [0.2, 0.25) is 0 Å². The number of terminal acetylenes is 1. The third-order valence-electron chi connectivity index (χ3n) is 1.81. The minimum atomic E-state index is -2.23. The third-order valence-corrected chi connectivity index (χ3v) is 10.9. The average molecular weight is 221 g/mol. The zero-order chi connectivity index (χ0) is 9.19. The van der Waals surface area contributed by atoms with E-state index in [0.29, 0.717) is 0 Å². The van der Waals surface area contributed by atoms with Gasteiger partial charge in [-0.2, -0.15) is 0 Å². The Bertz CT molecular complexity index is 250. The molecule has 68 valence electrons. The molecule has 1 aliphatic heterocycles. The van der Waals surface area contributed by atoms with Crippen LogP contribution in [0.15, 0.2) is 0 Å². The minimum Gasteiger partial charge on any atom is -0.283 e. The molecule has 0 radical (unpaired) electrons. The Balaban J connectivity index is 2.73. The van der Waals surface area contributed by atoms with Crippen molar-refractivity contribution in [3.05, 3.63) is 0 Å². The Hall–Kier alpha value is 0.450. The van der Waals surface area contributed by atoms with Gasteiger partial charge in [0.05, 0.1) is 5.25 Å². The molecule has 0 aromatic heterocycles. The van der Waals surface area contributed by atoms with Gasteiger partial charge in [-0.15, -0.1) is 6.42 Å². The van der Waals surface area contributed by atoms with Gasteiger partial charge in [0, 0.05) is 6.54 Å². The maximum absolute atomic E-state index is 12.1. The van der Waals surface area contributed by atoms with Crippen LogP contribution in [0.25, 0.3) is 0 Å². The smallest absolute Gasteiger partial charge is 0.258 e. The van der Waals surface area contributed by atoms with Crippen molar-refractivity contribution in [3.8, 4) is 12.3 Å². The molecule has 2 unspecified atom stereocenters. The van der Waals surface area contributed by atoms with Crippen molar-refractivity contribution in [2.24, 2.45) is 0 Å². The summed E-state index contributed by atoms with van der Waals surface area (Å²) < 4.78 is 14.0. The van der Waals surface area contributed by atoms with E-state index in [1.807, 2.05) is 18.0 Å². The van der Waals surface area contributed by atoms with Gasteiger partial charge in [0.15, 0.2) is 0 Å². The van der Waals surface area contributed by atoms with Crippen molar-refractivity contribution >= 4 is 28.5 Å². The fourth-order valence-corrected chi connectivity index (χ4v) is 7.74. The van der Waals surface area contributed by atoms with Crippen molar-refractivity contribution in [1.29, 1.82) is 0 Å². The first-order chi connectivity index (χ1) is 5.62. The predicted octanol–water partition coefficient (Wildman–Crippen LogP) is 2.53. The lowest BCUT2D eigenvalue weighted by Gasteiger charge is -2.32. The fourth-order valence-electron chi connectivity index (χ4n) is 1.02. The number of hydrogen-bond donors (Lipinski definition) is 0. The van der Waals surface area contributed by atoms with Crippen LogP contribution < -0.4 is 0 Å². The van der Waals surface area contributed by atoms with E-state index in [4.69, 9.17) is 6.42 Å². The Labute approximate surface area is 81.8 Å². The highest BCUT2D eigenvalue weighted by atomic mass is 33.1. The SMILES string of the molecule is C#CC1CCN(C)P(=O)(SC)S1. The lowest BCUT2D eigenvalue weighted by atomic mass is 10.3. The standard InChI is InChI=1S/C7H12NOPS2/c1-4-7-5-6-8(2)10(9,11-3)12-7/h1,7H,5-6H2,2-3H3. The molecule has 5 heteroatoms. The first-order valence-electron chi connectivity index (χ1n) is 3.64. The molecule has 0 aliphatic carbocycles. The van der Waals surface area contributed by atoms with Crippen LogP contribution in [-0.2, 0) is 4.57 Å². The quantitative estimate of drug-likeness (QED) is 0.500. The first-order valence-corrected chi connectivity index (χ1v) is 8.61. The monoisotopic (exact) mass is 221 g/mol. The molecule has 2 nitrogen and oxygen atoms in total. The third kappa shape index (κ3) is 2.03. The minimum absolute atomic E-state index is 0.138. The number of rotatable bonds is 1. The van der Waals surface area contributed by atoms with Gasteiger partial charge in [-0.25, -0.2) is 4.67 Å². The largest absolute Gasteiger partial charge is 0.283 e. The van der Waals surface area contributed by atoms with E-state index in [-0.39, 0.29) is 5.25 Å². The zero-order valence-corrected chi connectivity index (χ0v) is 9.72. The van der Waals surface area contributed by atoms with E-state index in [0.717, 1.165) is 13.0 Å². The second kappa shape index (κ2) is 4.11. The van der Waals surface area contributed by atoms with Crippen molar-refractivity contribution in [1.82, 2.24) is 4.67 Å². The Morgan fingerprint density at radius 3 is 3.00 bits per heavy atom. The summed E-state index contributed by atoms with van der Waals surface area (Å²) in [5.41, 5.74) is -2.23. The van der Waals surface area contributed by atoms with Crippen molar-refractivity contribution in [2.75, 3.05) is 19.8 Å². The summed E-state index contributed by atoms with van der Waals surface area (Å²) in [5, 5.41) is 0.138. The molecule has 1 aliphatic rings. The molecule has 2 atom stereocenters. The predicted molar refractivity (Wildman–Crippen MR) is 58.6 cm³/mol. The number of hydrogen-bond acceptors (Lipinski definition) is 3. The fraction of sp³-hybridized carbons (Fsp3) is 0.714. The lowest BCUT2D eigenvalue weighted by Crippen LogP contribution is -2.23. The summed E-state index contributed by atoms with van der Waals surface area (Å²) >= 11 is 2.87. The highest BCUT2D eigenvalue weighted by Gasteiger charge is 2.35. The lowest BCUT2D eigenvalue weighted by molar-refractivity contribution is 0.482. The summed E-state index contributed by atoms with van der Waals surface area (Å²) in [6.07, 6.45) is 8.13. The Morgan fingerprint density at radius 1 is 1.83 bits per heavy atom. The van der Waals surface area contributed by atoms with Crippen LogP contribution in [0.5, 0.6) is 0 Å². The van der Waals surface area contributed by atoms with Gasteiger partial charge in [0.1, 0.15) is 0 Å². The summed E-state index contributed by atoms with van der Waals surface area (Å²) in [4.78, 5) is 0. The molecule has 0 saturated carbocycles. The van der Waals surface area contributed by atoms with E-state index in [1.165, 1.54) is 22.8 Å². The highest BCUT2D eigenvalue weighted by Crippen LogP contribution is 2.72. The molecule has 1 saturated heterocycles. The van der Waals surface area contributed by atoms with Crippen molar-refractivity contribution in [2.45, 2.75) is 11.7 Å². The van der Waals surface area contributed by atoms with Gasteiger partial charge >= 0.3 is 0 Å². The second-order valence-electron chi connectivity index (χ2n) is 2.58. The molecule has 0 aromatic rings. The zero-order valence-electron chi connectivity index (χ0n) is 7.19. The van der Waals surface area contributed by atoms with Gasteiger partial charge in [-0.05, 0) is 19.7 Å². The summed E-state index contributed by atoms with van der Waals surface area (Å²) in [5.74, 6) is 2.66. The summed E-state index contributed by atoms with van der Waals surface area (Å²) in [7, 11) is 1.90. The van der Waals surface area contributed by atoms with Gasteiger partial charge in [0.2, 0.25) is 0 Å². The molecule has 0 aromatic carbocycles. The van der Waals surface area contributed by atoms with E-state index < -0.39 is 5.70 Å². The van der Waals surface area contributed by atoms with Crippen LogP contribution in [0, 0.1) is 12.3 Å². The second-order valence-corrected chi connectivity index (χ2v) is 10.7. The average Bonchev–Trinajstić information content (AvgIpc) is 2.10. The molecule has 1 rings (SSSR count). The molecular weight excluding hydrogens is 209 g/mol. The molecule has 0 spiro atoms. The molecule has 0 N–H and O–H groups in total. The van der Waals surface area contributed by atoms with Crippen LogP contribution in [0.4, 0.5) is 0 Å². The van der Waals surface area contributed by atoms with Gasteiger partial charge in [-0.1, -0.05) is 28.7 Å². The van der Waals surface area contributed by atoms with Crippen LogP contribution >= 0.6 is 28.5 Å². The first kappa shape index (κ1) is 10.5. The maximum atomic E-state index is 12.1. The summed E-state index contributed by atoms with van der Waals surface area (Å²) in [6.45, 7) is 0.847. The maximum Gasteiger partial charge on any atom is 0.258 e. The highest BCUT2D eigenvalue weighted by molar-refractivity contribution is 8.90. The molecule has 0 bridgehead atoms. The molecule has 1 heterocycles. The molecular formula is C7H12NOPS2. The molecule has 0 amide bonds. The van der Waals surface area contributed by atoms with E-state index in [1.54, 1.807) is 0 Å². The van der Waals surface area contributed by atoms with Crippen LogP contribution in [0.3, 0.4) is 0 Å². The summed E-state index contributed by atoms with van der Waals surface area (Å²) in [6, 6.07) is 0. The number of nitrogens with zero attached hydrogens (tertiary/aromatic N) is 1. The topological polar surface area (TPSA) is 20.3 Å². The van der Waals surface area contributed by atoms with Gasteiger partial charge < -0.3 is 0 Å². The Morgan fingerprint density at radius 2 is 2.50 bits per heavy atom. The van der Waals surface area contributed by atoms with Crippen LogP contribution in [-0.4, -0.2) is 29.8 Å². The molecule has 1 fully saturated rings. The Kier molecular flexibility index (Phi) is 3.60. The van der Waals surface area contributed by atoms with Crippen molar-refractivity contribution < 1.29 is 4.57 Å². The van der Waals surface area contributed by atoms with Crippen LogP contribution in [0.1, 0.15) is 6.42 Å². The van der Waals surface area contributed by atoms with Gasteiger partial charge in [-0.3, -0.25) is 4.57 Å². The van der Waals surface area contributed by atoms with E-state index >= 15 is 0 Å². The van der Waals surface area contributed by atoms with E-state index in [2.05, 4.69) is 5.92 Å². The van der Waals surface area contributed by atoms with E-state index in [9.17, 15) is 4.57 Å². The normalized spacial score (nSPS) is 37.6. The van der Waals surface area contributed by atoms with Crippen molar-refractivity contribution in [3.63, 3.8) is 0 Å². The van der Waals surface area contributed by atoms with Gasteiger partial charge in [0.25, 0.3) is 5.70 Å².